The molecule has 0 aliphatic carbocycles. The normalized spacial score (nSPS) is 10.5. The van der Waals surface area contributed by atoms with E-state index in [0.717, 1.165) is 5.75 Å². The Morgan fingerprint density at radius 1 is 1.32 bits per heavy atom. The topological polar surface area (TPSA) is 55.1 Å². The Kier molecular flexibility index (Phi) is 4.63. The maximum Gasteiger partial charge on any atom is 0.275 e. The molecule has 1 aromatic carbocycles. The van der Waals surface area contributed by atoms with Gasteiger partial charge in [-0.15, -0.1) is 23.1 Å². The van der Waals surface area contributed by atoms with Crippen molar-refractivity contribution in [2.75, 3.05) is 0 Å². The molecule has 0 aliphatic rings. The first-order valence-electron chi connectivity index (χ1n) is 5.90. The molecule has 0 atom stereocenters. The fraction of sp³-hybridized carbons (Fsp3) is 0.214. The van der Waals surface area contributed by atoms with Gasteiger partial charge in [0.1, 0.15) is 0 Å². The van der Waals surface area contributed by atoms with E-state index in [1.165, 1.54) is 32.2 Å². The number of carbonyl (C=O) groups excluding carboxylic acids is 1. The van der Waals surface area contributed by atoms with Crippen molar-refractivity contribution in [1.82, 2.24) is 5.43 Å². The Morgan fingerprint density at radius 3 is 2.63 bits per heavy atom. The lowest BCUT2D eigenvalue weighted by Gasteiger charge is -2.01. The SMILES string of the molecule is Cc1ccc(SCc2cc(C(=O)NN)sc2C)cc1. The molecule has 1 amide bonds. The van der Waals surface area contributed by atoms with Crippen molar-refractivity contribution in [1.29, 1.82) is 0 Å². The Hall–Kier alpha value is -1.30. The highest BCUT2D eigenvalue weighted by Gasteiger charge is 2.11. The molecule has 0 fully saturated rings. The summed E-state index contributed by atoms with van der Waals surface area (Å²) in [5.74, 6) is 5.79. The van der Waals surface area contributed by atoms with E-state index in [4.69, 9.17) is 5.84 Å². The van der Waals surface area contributed by atoms with Crippen LogP contribution in [0.3, 0.4) is 0 Å². The van der Waals surface area contributed by atoms with Gasteiger partial charge in [0.05, 0.1) is 4.88 Å². The number of nitrogens with two attached hydrogens (primary N) is 1. The number of carbonyl (C=O) groups is 1. The van der Waals surface area contributed by atoms with Crippen LogP contribution in [0.1, 0.15) is 25.7 Å². The molecule has 1 heterocycles. The number of amides is 1. The second kappa shape index (κ2) is 6.23. The minimum atomic E-state index is -0.223. The fourth-order valence-corrected chi connectivity index (χ4v) is 3.63. The zero-order valence-electron chi connectivity index (χ0n) is 10.9. The van der Waals surface area contributed by atoms with Gasteiger partial charge in [0.25, 0.3) is 5.91 Å². The van der Waals surface area contributed by atoms with Gasteiger partial charge >= 0.3 is 0 Å². The van der Waals surface area contributed by atoms with Gasteiger partial charge in [-0.2, -0.15) is 0 Å². The predicted octanol–water partition coefficient (Wildman–Crippen LogP) is 3.26. The zero-order chi connectivity index (χ0) is 13.8. The van der Waals surface area contributed by atoms with Gasteiger partial charge in [-0.25, -0.2) is 5.84 Å². The summed E-state index contributed by atoms with van der Waals surface area (Å²) >= 11 is 3.25. The molecule has 3 N–H and O–H groups in total. The maximum atomic E-state index is 11.5. The van der Waals surface area contributed by atoms with Gasteiger partial charge < -0.3 is 0 Å². The summed E-state index contributed by atoms with van der Waals surface area (Å²) in [5, 5.41) is 0. The lowest BCUT2D eigenvalue weighted by atomic mass is 10.2. The van der Waals surface area contributed by atoms with Crippen LogP contribution in [-0.2, 0) is 5.75 Å². The minimum absolute atomic E-state index is 0.223. The number of aryl methyl sites for hydroxylation is 2. The zero-order valence-corrected chi connectivity index (χ0v) is 12.5. The van der Waals surface area contributed by atoms with Gasteiger partial charge in [-0.1, -0.05) is 17.7 Å². The average molecular weight is 292 g/mol. The van der Waals surface area contributed by atoms with Crippen LogP contribution in [0.25, 0.3) is 0 Å². The van der Waals surface area contributed by atoms with Crippen LogP contribution in [0.5, 0.6) is 0 Å². The van der Waals surface area contributed by atoms with Crippen molar-refractivity contribution >= 4 is 29.0 Å². The van der Waals surface area contributed by atoms with Crippen molar-refractivity contribution in [3.05, 3.63) is 51.2 Å². The first-order valence-corrected chi connectivity index (χ1v) is 7.70. The molecule has 0 radical (unpaired) electrons. The number of thioether (sulfide) groups is 1. The molecule has 0 saturated heterocycles. The van der Waals surface area contributed by atoms with E-state index in [2.05, 4.69) is 36.6 Å². The number of nitrogens with one attached hydrogen (secondary N) is 1. The fourth-order valence-electron chi connectivity index (χ4n) is 1.64. The van der Waals surface area contributed by atoms with Gasteiger partial charge in [0, 0.05) is 15.5 Å². The molecule has 3 nitrogen and oxygen atoms in total. The van der Waals surface area contributed by atoms with Crippen molar-refractivity contribution in [3.8, 4) is 0 Å². The van der Waals surface area contributed by atoms with Crippen LogP contribution in [0.15, 0.2) is 35.2 Å². The summed E-state index contributed by atoms with van der Waals surface area (Å²) in [6.07, 6.45) is 0. The lowest BCUT2D eigenvalue weighted by molar-refractivity contribution is 0.0957. The largest absolute Gasteiger partial charge is 0.289 e. The molecule has 2 rings (SSSR count). The second-order valence-electron chi connectivity index (χ2n) is 4.27. The van der Waals surface area contributed by atoms with E-state index < -0.39 is 0 Å². The molecule has 1 aromatic heterocycles. The molecule has 5 heteroatoms. The molecule has 19 heavy (non-hydrogen) atoms. The van der Waals surface area contributed by atoms with Crippen molar-refractivity contribution in [3.63, 3.8) is 0 Å². The van der Waals surface area contributed by atoms with E-state index in [1.807, 2.05) is 13.0 Å². The van der Waals surface area contributed by atoms with Crippen LogP contribution in [0.2, 0.25) is 0 Å². The first kappa shape index (κ1) is 14.1. The van der Waals surface area contributed by atoms with E-state index in [-0.39, 0.29) is 5.91 Å². The Balaban J connectivity index is 2.05. The predicted molar refractivity (Wildman–Crippen MR) is 81.4 cm³/mol. The summed E-state index contributed by atoms with van der Waals surface area (Å²) in [4.78, 5) is 14.5. The van der Waals surface area contributed by atoms with E-state index in [0.29, 0.717) is 4.88 Å². The number of nitrogen functional groups attached to an aromatic ring is 1. The first-order chi connectivity index (χ1) is 9.10. The maximum absolute atomic E-state index is 11.5. The van der Waals surface area contributed by atoms with Gasteiger partial charge in [0.2, 0.25) is 0 Å². The lowest BCUT2D eigenvalue weighted by Crippen LogP contribution is -2.29. The molecule has 100 valence electrons. The van der Waals surface area contributed by atoms with Crippen molar-refractivity contribution in [2.45, 2.75) is 24.5 Å². The molecule has 0 unspecified atom stereocenters. The van der Waals surface area contributed by atoms with Gasteiger partial charge in [0.15, 0.2) is 0 Å². The Bertz CT molecular complexity index is 576. The van der Waals surface area contributed by atoms with Gasteiger partial charge in [-0.05, 0) is 37.6 Å². The highest BCUT2D eigenvalue weighted by Crippen LogP contribution is 2.29. The number of hydrazine groups is 1. The smallest absolute Gasteiger partial charge is 0.275 e. The number of hydrogen-bond acceptors (Lipinski definition) is 4. The second-order valence-corrected chi connectivity index (χ2v) is 6.57. The van der Waals surface area contributed by atoms with Crippen molar-refractivity contribution < 1.29 is 4.79 Å². The van der Waals surface area contributed by atoms with Crippen molar-refractivity contribution in [2.24, 2.45) is 5.84 Å². The van der Waals surface area contributed by atoms with E-state index in [9.17, 15) is 4.79 Å². The molecule has 0 spiro atoms. The molecular formula is C14H16N2OS2. The Morgan fingerprint density at radius 2 is 2.00 bits per heavy atom. The quantitative estimate of drug-likeness (QED) is 0.393. The van der Waals surface area contributed by atoms with Crippen LogP contribution < -0.4 is 11.3 Å². The third kappa shape index (κ3) is 3.59. The summed E-state index contributed by atoms with van der Waals surface area (Å²) in [6, 6.07) is 10.4. The number of benzene rings is 1. The third-order valence-electron chi connectivity index (χ3n) is 2.79. The number of thiophene rings is 1. The van der Waals surface area contributed by atoms with Crippen LogP contribution in [0, 0.1) is 13.8 Å². The molecular weight excluding hydrogens is 276 g/mol. The third-order valence-corrected chi connectivity index (χ3v) is 4.94. The molecule has 0 saturated carbocycles. The molecule has 0 aliphatic heterocycles. The number of hydrogen-bond donors (Lipinski definition) is 2. The minimum Gasteiger partial charge on any atom is -0.289 e. The Labute approximate surface area is 121 Å². The summed E-state index contributed by atoms with van der Waals surface area (Å²) in [7, 11) is 0. The summed E-state index contributed by atoms with van der Waals surface area (Å²) in [5.41, 5.74) is 4.62. The highest BCUT2D eigenvalue weighted by atomic mass is 32.2. The van der Waals surface area contributed by atoms with E-state index >= 15 is 0 Å². The average Bonchev–Trinajstić information content (AvgIpc) is 2.79. The standard InChI is InChI=1S/C14H16N2OS2/c1-9-3-5-12(6-4-9)18-8-11-7-13(14(17)16-15)19-10(11)2/h3-7H,8,15H2,1-2H3,(H,16,17). The summed E-state index contributed by atoms with van der Waals surface area (Å²) < 4.78 is 0. The summed E-state index contributed by atoms with van der Waals surface area (Å²) in [6.45, 7) is 4.11. The van der Waals surface area contributed by atoms with Crippen LogP contribution in [-0.4, -0.2) is 5.91 Å². The molecule has 2 aromatic rings. The monoisotopic (exact) mass is 292 g/mol. The highest BCUT2D eigenvalue weighted by molar-refractivity contribution is 7.98. The number of rotatable bonds is 4. The van der Waals surface area contributed by atoms with E-state index in [1.54, 1.807) is 11.8 Å². The van der Waals surface area contributed by atoms with Crippen LogP contribution in [0.4, 0.5) is 0 Å². The van der Waals surface area contributed by atoms with Gasteiger partial charge in [-0.3, -0.25) is 10.2 Å². The molecule has 0 bridgehead atoms. The van der Waals surface area contributed by atoms with Crippen LogP contribution >= 0.6 is 23.1 Å².